The molecule has 2 unspecified atom stereocenters. The van der Waals surface area contributed by atoms with E-state index in [1.807, 2.05) is 20.8 Å². The predicted molar refractivity (Wildman–Crippen MR) is 74.0 cm³/mol. The maximum Gasteiger partial charge on any atom is 0.311 e. The van der Waals surface area contributed by atoms with Gasteiger partial charge in [-0.15, -0.1) is 0 Å². The molecule has 0 aliphatic carbocycles. The van der Waals surface area contributed by atoms with Crippen LogP contribution in [-0.2, 0) is 14.4 Å². The fourth-order valence-corrected chi connectivity index (χ4v) is 2.60. The first-order valence-electron chi connectivity index (χ1n) is 7.03. The van der Waals surface area contributed by atoms with Crippen LogP contribution in [0, 0.1) is 11.3 Å². The van der Waals surface area contributed by atoms with Crippen LogP contribution >= 0.6 is 0 Å². The van der Waals surface area contributed by atoms with Crippen LogP contribution in [0.5, 0.6) is 0 Å². The van der Waals surface area contributed by atoms with Crippen LogP contribution in [-0.4, -0.2) is 46.9 Å². The summed E-state index contributed by atoms with van der Waals surface area (Å²) >= 11 is 0. The second-order valence-electron chi connectivity index (χ2n) is 5.87. The zero-order chi connectivity index (χ0) is 15.5. The molecule has 2 amide bonds. The topological polar surface area (TPSA) is 86.7 Å². The normalized spacial score (nSPS) is 23.8. The van der Waals surface area contributed by atoms with Gasteiger partial charge in [-0.1, -0.05) is 20.8 Å². The molecule has 6 heteroatoms. The number of nitrogens with one attached hydrogen (secondary N) is 1. The van der Waals surface area contributed by atoms with Crippen LogP contribution in [0.25, 0.3) is 0 Å². The smallest absolute Gasteiger partial charge is 0.311 e. The molecule has 1 rings (SSSR count). The molecule has 2 atom stereocenters. The van der Waals surface area contributed by atoms with Crippen LogP contribution in [0.1, 0.15) is 40.5 Å². The highest BCUT2D eigenvalue weighted by molar-refractivity contribution is 5.88. The van der Waals surface area contributed by atoms with Crippen LogP contribution in [0.15, 0.2) is 0 Å². The number of hydrogen-bond acceptors (Lipinski definition) is 3. The molecule has 0 aromatic carbocycles. The first-order chi connectivity index (χ1) is 9.23. The minimum atomic E-state index is -0.851. The van der Waals surface area contributed by atoms with Crippen LogP contribution in [0.2, 0.25) is 0 Å². The van der Waals surface area contributed by atoms with E-state index >= 15 is 0 Å². The summed E-state index contributed by atoms with van der Waals surface area (Å²) in [5.41, 5.74) is -0.840. The molecular formula is C14H24N2O4. The van der Waals surface area contributed by atoms with Crippen LogP contribution < -0.4 is 5.32 Å². The quantitative estimate of drug-likeness (QED) is 0.784. The fraction of sp³-hybridized carbons (Fsp3) is 0.786. The Balaban J connectivity index is 2.83. The standard InChI is InChI=1S/C14H24N2O4/c1-5-14(13(19)20)6-7-16(8-14)12(18)11(9(2)3)15-10(4)17/h9,11H,5-8H2,1-4H3,(H,15,17)(H,19,20). The van der Waals surface area contributed by atoms with Gasteiger partial charge in [-0.3, -0.25) is 14.4 Å². The van der Waals surface area contributed by atoms with Crippen molar-refractivity contribution < 1.29 is 19.5 Å². The summed E-state index contributed by atoms with van der Waals surface area (Å²) in [7, 11) is 0. The largest absolute Gasteiger partial charge is 0.481 e. The molecule has 6 nitrogen and oxygen atoms in total. The lowest BCUT2D eigenvalue weighted by molar-refractivity contribution is -0.149. The number of aliphatic carboxylic acids is 1. The molecule has 2 N–H and O–H groups in total. The summed E-state index contributed by atoms with van der Waals surface area (Å²) in [6.07, 6.45) is 0.966. The second kappa shape index (κ2) is 6.24. The van der Waals surface area contributed by atoms with Gasteiger partial charge in [0.15, 0.2) is 0 Å². The van der Waals surface area contributed by atoms with Gasteiger partial charge in [0.05, 0.1) is 5.41 Å². The van der Waals surface area contributed by atoms with Crippen molar-refractivity contribution in [2.24, 2.45) is 11.3 Å². The van der Waals surface area contributed by atoms with Gasteiger partial charge >= 0.3 is 5.97 Å². The van der Waals surface area contributed by atoms with Crippen molar-refractivity contribution in [1.29, 1.82) is 0 Å². The van der Waals surface area contributed by atoms with Crippen LogP contribution in [0.3, 0.4) is 0 Å². The number of hydrogen-bond donors (Lipinski definition) is 2. The van der Waals surface area contributed by atoms with E-state index in [-0.39, 0.29) is 24.3 Å². The minimum Gasteiger partial charge on any atom is -0.481 e. The molecule has 1 aliphatic heterocycles. The Morgan fingerprint density at radius 3 is 2.30 bits per heavy atom. The average Bonchev–Trinajstić information content (AvgIpc) is 2.80. The maximum absolute atomic E-state index is 12.5. The zero-order valence-electron chi connectivity index (χ0n) is 12.6. The van der Waals surface area contributed by atoms with E-state index in [9.17, 15) is 19.5 Å². The number of carbonyl (C=O) groups excluding carboxylic acids is 2. The molecule has 0 saturated carbocycles. The van der Waals surface area contributed by atoms with Crippen molar-refractivity contribution in [2.75, 3.05) is 13.1 Å². The highest BCUT2D eigenvalue weighted by Gasteiger charge is 2.46. The first-order valence-corrected chi connectivity index (χ1v) is 7.03. The van der Waals surface area contributed by atoms with E-state index in [4.69, 9.17) is 0 Å². The van der Waals surface area contributed by atoms with Gasteiger partial charge in [0, 0.05) is 20.0 Å². The van der Waals surface area contributed by atoms with E-state index < -0.39 is 17.4 Å². The number of rotatable bonds is 5. The maximum atomic E-state index is 12.5. The zero-order valence-corrected chi connectivity index (χ0v) is 12.6. The molecule has 1 saturated heterocycles. The van der Waals surface area contributed by atoms with Crippen molar-refractivity contribution in [2.45, 2.75) is 46.6 Å². The number of carboxylic acid groups (broad SMARTS) is 1. The summed E-state index contributed by atoms with van der Waals surface area (Å²) in [4.78, 5) is 36.6. The molecule has 20 heavy (non-hydrogen) atoms. The highest BCUT2D eigenvalue weighted by atomic mass is 16.4. The van der Waals surface area contributed by atoms with Crippen molar-refractivity contribution in [3.8, 4) is 0 Å². The molecule has 1 fully saturated rings. The fourth-order valence-electron chi connectivity index (χ4n) is 2.60. The number of nitrogens with zero attached hydrogens (tertiary/aromatic N) is 1. The SMILES string of the molecule is CCC1(C(=O)O)CCN(C(=O)C(NC(C)=O)C(C)C)C1. The van der Waals surface area contributed by atoms with Gasteiger partial charge in [-0.05, 0) is 18.8 Å². The Morgan fingerprint density at radius 1 is 1.35 bits per heavy atom. The van der Waals surface area contributed by atoms with Crippen LogP contribution in [0.4, 0.5) is 0 Å². The van der Waals surface area contributed by atoms with E-state index in [1.165, 1.54) is 6.92 Å². The van der Waals surface area contributed by atoms with Gasteiger partial charge < -0.3 is 15.3 Å². The molecule has 0 aromatic rings. The molecule has 0 bridgehead atoms. The third-order valence-corrected chi connectivity index (χ3v) is 4.09. The second-order valence-corrected chi connectivity index (χ2v) is 5.87. The predicted octanol–water partition coefficient (Wildman–Crippen LogP) is 0.860. The number of likely N-dealkylation sites (tertiary alicyclic amines) is 1. The lowest BCUT2D eigenvalue weighted by Crippen LogP contribution is -2.50. The van der Waals surface area contributed by atoms with Gasteiger partial charge in [0.25, 0.3) is 0 Å². The molecule has 1 aliphatic rings. The van der Waals surface area contributed by atoms with Gasteiger partial charge in [0.1, 0.15) is 6.04 Å². The van der Waals surface area contributed by atoms with E-state index in [1.54, 1.807) is 4.90 Å². The minimum absolute atomic E-state index is 0.0344. The third-order valence-electron chi connectivity index (χ3n) is 4.09. The molecular weight excluding hydrogens is 260 g/mol. The van der Waals surface area contributed by atoms with Crippen molar-refractivity contribution in [3.05, 3.63) is 0 Å². The molecule has 1 heterocycles. The summed E-state index contributed by atoms with van der Waals surface area (Å²) in [5, 5.41) is 12.0. The lowest BCUT2D eigenvalue weighted by Gasteiger charge is -2.28. The Kier molecular flexibility index (Phi) is 5.14. The number of carboxylic acids is 1. The Hall–Kier alpha value is -1.59. The Morgan fingerprint density at radius 2 is 1.95 bits per heavy atom. The Labute approximate surface area is 119 Å². The monoisotopic (exact) mass is 284 g/mol. The molecule has 0 spiro atoms. The number of carbonyl (C=O) groups is 3. The summed E-state index contributed by atoms with van der Waals surface area (Å²) < 4.78 is 0. The Bertz CT molecular complexity index is 408. The lowest BCUT2D eigenvalue weighted by atomic mass is 9.84. The van der Waals surface area contributed by atoms with Gasteiger partial charge in [-0.25, -0.2) is 0 Å². The molecule has 0 aromatic heterocycles. The van der Waals surface area contributed by atoms with Gasteiger partial charge in [-0.2, -0.15) is 0 Å². The molecule has 0 radical (unpaired) electrons. The summed E-state index contributed by atoms with van der Waals surface area (Å²) in [5.74, 6) is -1.33. The number of amides is 2. The average molecular weight is 284 g/mol. The highest BCUT2D eigenvalue weighted by Crippen LogP contribution is 2.34. The van der Waals surface area contributed by atoms with E-state index in [2.05, 4.69) is 5.32 Å². The summed E-state index contributed by atoms with van der Waals surface area (Å²) in [6.45, 7) is 7.58. The first kappa shape index (κ1) is 16.5. The van der Waals surface area contributed by atoms with Crippen molar-refractivity contribution >= 4 is 17.8 Å². The van der Waals surface area contributed by atoms with Gasteiger partial charge in [0.2, 0.25) is 11.8 Å². The van der Waals surface area contributed by atoms with Crippen molar-refractivity contribution in [1.82, 2.24) is 10.2 Å². The van der Waals surface area contributed by atoms with E-state index in [0.29, 0.717) is 19.4 Å². The third kappa shape index (κ3) is 3.29. The summed E-state index contributed by atoms with van der Waals surface area (Å²) in [6, 6.07) is -0.589. The van der Waals surface area contributed by atoms with Crippen molar-refractivity contribution in [3.63, 3.8) is 0 Å². The van der Waals surface area contributed by atoms with E-state index in [0.717, 1.165) is 0 Å². The molecule has 114 valence electrons.